The maximum Gasteiger partial charge on any atom is 0.409 e. The maximum absolute atomic E-state index is 10.9. The summed E-state index contributed by atoms with van der Waals surface area (Å²) in [6, 6.07) is 0. The molecule has 1 N–H and O–H groups in total. The molecule has 0 aromatic rings. The smallest absolute Gasteiger partial charge is 0.409 e. The Bertz CT molecular complexity index is 337. The zero-order valence-electron chi connectivity index (χ0n) is 15.3. The van der Waals surface area contributed by atoms with Crippen LogP contribution in [0.25, 0.3) is 0 Å². The minimum Gasteiger partial charge on any atom is -0.512 e. The van der Waals surface area contributed by atoms with E-state index in [9.17, 15) is 9.90 Å². The molecule has 1 saturated carbocycles. The fourth-order valence-corrected chi connectivity index (χ4v) is 2.21. The minimum absolute atomic E-state index is 0.299. The second kappa shape index (κ2) is 10.5. The van der Waals surface area contributed by atoms with Crippen molar-refractivity contribution in [3.63, 3.8) is 0 Å². The summed E-state index contributed by atoms with van der Waals surface area (Å²) in [6.07, 6.45) is 10.2. The van der Waals surface area contributed by atoms with Gasteiger partial charge in [-0.2, -0.15) is 0 Å². The molecule has 1 fully saturated rings. The van der Waals surface area contributed by atoms with Crippen molar-refractivity contribution in [3.8, 4) is 0 Å². The lowest BCUT2D eigenvalue weighted by Gasteiger charge is -2.22. The fourth-order valence-electron chi connectivity index (χ4n) is 2.21. The molecule has 1 rings (SSSR count). The van der Waals surface area contributed by atoms with Crippen LogP contribution in [0.5, 0.6) is 0 Å². The first-order valence-corrected chi connectivity index (χ1v) is 8.46. The van der Waals surface area contributed by atoms with Crippen LogP contribution in [0.1, 0.15) is 72.6 Å². The summed E-state index contributed by atoms with van der Waals surface area (Å²) in [7, 11) is 3.32. The molecule has 0 spiro atoms. The summed E-state index contributed by atoms with van der Waals surface area (Å²) in [6.45, 7) is 7.67. The predicted molar refractivity (Wildman–Crippen MR) is 92.1 cm³/mol. The van der Waals surface area contributed by atoms with Crippen LogP contribution in [-0.4, -0.2) is 35.8 Å². The zero-order chi connectivity index (χ0) is 17.2. The SMILES string of the molecule is CCC/C=C(/O)C1CCCCC1.CN(C)C(=O)OC(C)(C)C. The maximum atomic E-state index is 10.9. The van der Waals surface area contributed by atoms with E-state index in [0.29, 0.717) is 11.7 Å². The molecule has 22 heavy (non-hydrogen) atoms. The predicted octanol–water partition coefficient (Wildman–Crippen LogP) is 5.29. The Morgan fingerprint density at radius 2 is 1.77 bits per heavy atom. The van der Waals surface area contributed by atoms with Crippen molar-refractivity contribution >= 4 is 6.09 Å². The Labute approximate surface area is 136 Å². The van der Waals surface area contributed by atoms with Gasteiger partial charge in [-0.1, -0.05) is 32.6 Å². The van der Waals surface area contributed by atoms with Gasteiger partial charge < -0.3 is 14.7 Å². The summed E-state index contributed by atoms with van der Waals surface area (Å²) in [5, 5.41) is 9.67. The number of aliphatic hydroxyl groups is 1. The van der Waals surface area contributed by atoms with Crippen LogP contribution >= 0.6 is 0 Å². The normalized spacial score (nSPS) is 16.5. The molecule has 0 saturated heterocycles. The van der Waals surface area contributed by atoms with Gasteiger partial charge in [-0.3, -0.25) is 0 Å². The van der Waals surface area contributed by atoms with E-state index in [0.717, 1.165) is 12.8 Å². The molecule has 130 valence electrons. The summed E-state index contributed by atoms with van der Waals surface area (Å²) >= 11 is 0. The standard InChI is InChI=1S/C11H20O.C7H15NO2/c1-2-3-9-11(12)10-7-5-4-6-8-10;1-7(2,3)10-6(9)8(4)5/h9-10,12H,2-8H2,1H3;1-5H3/b11-9+;. The molecule has 1 amide bonds. The monoisotopic (exact) mass is 313 g/mol. The van der Waals surface area contributed by atoms with Crippen molar-refractivity contribution in [1.82, 2.24) is 4.90 Å². The first kappa shape index (κ1) is 20.8. The molecule has 1 aliphatic carbocycles. The van der Waals surface area contributed by atoms with Crippen LogP contribution in [-0.2, 0) is 4.74 Å². The molecule has 0 unspecified atom stereocenters. The molecule has 0 aliphatic heterocycles. The number of hydrogen-bond donors (Lipinski definition) is 1. The highest BCUT2D eigenvalue weighted by Gasteiger charge is 2.17. The third kappa shape index (κ3) is 10.5. The van der Waals surface area contributed by atoms with Crippen molar-refractivity contribution in [1.29, 1.82) is 0 Å². The Balaban J connectivity index is 0.000000409. The summed E-state index contributed by atoms with van der Waals surface area (Å²) in [4.78, 5) is 12.3. The van der Waals surface area contributed by atoms with E-state index in [2.05, 4.69) is 6.92 Å². The largest absolute Gasteiger partial charge is 0.512 e. The quantitative estimate of drug-likeness (QED) is 0.720. The average Bonchev–Trinajstić information content (AvgIpc) is 2.44. The van der Waals surface area contributed by atoms with Gasteiger partial charge >= 0.3 is 6.09 Å². The number of rotatable bonds is 3. The van der Waals surface area contributed by atoms with E-state index in [1.54, 1.807) is 14.1 Å². The molecule has 4 heteroatoms. The molecule has 0 atom stereocenters. The lowest BCUT2D eigenvalue weighted by molar-refractivity contribution is 0.0341. The molecule has 0 aromatic heterocycles. The van der Waals surface area contributed by atoms with Crippen LogP contribution < -0.4 is 0 Å². The van der Waals surface area contributed by atoms with Gasteiger partial charge in [0.05, 0.1) is 5.76 Å². The highest BCUT2D eigenvalue weighted by molar-refractivity contribution is 5.67. The molecular formula is C18H35NO3. The van der Waals surface area contributed by atoms with Gasteiger partial charge in [0.2, 0.25) is 0 Å². The number of carbonyl (C=O) groups excluding carboxylic acids is 1. The lowest BCUT2D eigenvalue weighted by atomic mass is 9.87. The topological polar surface area (TPSA) is 49.8 Å². The van der Waals surface area contributed by atoms with Crippen LogP contribution in [0.2, 0.25) is 0 Å². The number of aliphatic hydroxyl groups excluding tert-OH is 1. The van der Waals surface area contributed by atoms with Crippen molar-refractivity contribution in [2.45, 2.75) is 78.2 Å². The van der Waals surface area contributed by atoms with Gasteiger partial charge in [0.1, 0.15) is 5.60 Å². The van der Waals surface area contributed by atoms with Gasteiger partial charge in [0.25, 0.3) is 0 Å². The molecule has 4 nitrogen and oxygen atoms in total. The third-order valence-electron chi connectivity index (χ3n) is 3.42. The molecule has 0 aromatic carbocycles. The number of carbonyl (C=O) groups is 1. The molecular weight excluding hydrogens is 278 g/mol. The Hall–Kier alpha value is -1.19. The molecule has 0 bridgehead atoms. The number of unbranched alkanes of at least 4 members (excludes halogenated alkanes) is 1. The van der Waals surface area contributed by atoms with Crippen LogP contribution in [0.3, 0.4) is 0 Å². The first-order chi connectivity index (χ1) is 10.2. The van der Waals surface area contributed by atoms with E-state index in [1.165, 1.54) is 37.0 Å². The highest BCUT2D eigenvalue weighted by atomic mass is 16.6. The number of hydrogen-bond acceptors (Lipinski definition) is 3. The average molecular weight is 313 g/mol. The van der Waals surface area contributed by atoms with Crippen LogP contribution in [0, 0.1) is 5.92 Å². The van der Waals surface area contributed by atoms with Gasteiger partial charge in [0, 0.05) is 20.0 Å². The Morgan fingerprint density at radius 3 is 2.14 bits per heavy atom. The summed E-state index contributed by atoms with van der Waals surface area (Å²) in [5.74, 6) is 1.15. The van der Waals surface area contributed by atoms with Crippen molar-refractivity contribution in [2.24, 2.45) is 5.92 Å². The van der Waals surface area contributed by atoms with E-state index in [-0.39, 0.29) is 11.7 Å². The van der Waals surface area contributed by atoms with Gasteiger partial charge in [-0.05, 0) is 46.1 Å². The Morgan fingerprint density at radius 1 is 1.23 bits per heavy atom. The third-order valence-corrected chi connectivity index (χ3v) is 3.42. The molecule has 1 aliphatic rings. The highest BCUT2D eigenvalue weighted by Crippen LogP contribution is 2.28. The number of ether oxygens (including phenoxy) is 1. The van der Waals surface area contributed by atoms with Gasteiger partial charge in [-0.15, -0.1) is 0 Å². The second-order valence-corrected chi connectivity index (χ2v) is 7.13. The number of allylic oxidation sites excluding steroid dienone is 2. The van der Waals surface area contributed by atoms with Crippen LogP contribution in [0.15, 0.2) is 11.8 Å². The van der Waals surface area contributed by atoms with Gasteiger partial charge in [0.15, 0.2) is 0 Å². The molecule has 0 radical (unpaired) electrons. The van der Waals surface area contributed by atoms with Crippen LogP contribution in [0.4, 0.5) is 4.79 Å². The number of amides is 1. The van der Waals surface area contributed by atoms with E-state index in [4.69, 9.17) is 4.74 Å². The van der Waals surface area contributed by atoms with E-state index >= 15 is 0 Å². The van der Waals surface area contributed by atoms with Crippen molar-refractivity contribution in [2.75, 3.05) is 14.1 Å². The summed E-state index contributed by atoms with van der Waals surface area (Å²) in [5.41, 5.74) is -0.388. The summed E-state index contributed by atoms with van der Waals surface area (Å²) < 4.78 is 4.99. The zero-order valence-corrected chi connectivity index (χ0v) is 15.3. The van der Waals surface area contributed by atoms with Gasteiger partial charge in [-0.25, -0.2) is 4.79 Å². The minimum atomic E-state index is -0.388. The van der Waals surface area contributed by atoms with E-state index < -0.39 is 0 Å². The van der Waals surface area contributed by atoms with Crippen molar-refractivity contribution in [3.05, 3.63) is 11.8 Å². The second-order valence-electron chi connectivity index (χ2n) is 7.13. The van der Waals surface area contributed by atoms with E-state index in [1.807, 2.05) is 26.8 Å². The number of nitrogens with zero attached hydrogens (tertiary/aromatic N) is 1. The lowest BCUT2D eigenvalue weighted by Crippen LogP contribution is -2.31. The first-order valence-electron chi connectivity index (χ1n) is 8.46. The Kier molecular flexibility index (Phi) is 9.95. The molecule has 0 heterocycles. The van der Waals surface area contributed by atoms with Crippen molar-refractivity contribution < 1.29 is 14.6 Å². The fraction of sp³-hybridized carbons (Fsp3) is 0.833.